The average molecular weight is 453 g/mol. The first kappa shape index (κ1) is 26.1. The van der Waals surface area contributed by atoms with Gasteiger partial charge in [0.05, 0.1) is 11.6 Å². The maximum absolute atomic E-state index is 12.1. The monoisotopic (exact) mass is 452 g/mol. The molecule has 0 aliphatic rings. The molecule has 0 bridgehead atoms. The highest BCUT2D eigenvalue weighted by Crippen LogP contribution is 2.20. The number of hydrogen-bond acceptors (Lipinski definition) is 4. The van der Waals surface area contributed by atoms with Crippen LogP contribution in [-0.4, -0.2) is 54.0 Å². The molecule has 0 radical (unpaired) electrons. The van der Waals surface area contributed by atoms with Gasteiger partial charge in [-0.05, 0) is 64.2 Å². The number of carboxylic acid groups (broad SMARTS) is 1. The van der Waals surface area contributed by atoms with Gasteiger partial charge in [0.15, 0.2) is 0 Å². The minimum Gasteiger partial charge on any atom is -0.481 e. The summed E-state index contributed by atoms with van der Waals surface area (Å²) < 4.78 is 5.35. The number of carbonyl (C=O) groups excluding carboxylic acids is 1. The molecule has 0 aromatic heterocycles. The Labute approximate surface area is 197 Å². The van der Waals surface area contributed by atoms with E-state index in [9.17, 15) is 14.7 Å². The Balaban J connectivity index is 2.06. The quantitative estimate of drug-likeness (QED) is 0.520. The van der Waals surface area contributed by atoms with Crippen molar-refractivity contribution in [2.75, 3.05) is 20.6 Å². The van der Waals surface area contributed by atoms with Crippen LogP contribution in [0.15, 0.2) is 53.5 Å². The number of aryl methyl sites for hydroxylation is 1. The molecule has 1 amide bonds. The summed E-state index contributed by atoms with van der Waals surface area (Å²) in [6.07, 6.45) is 1.07. The smallest absolute Gasteiger partial charge is 0.410 e. The van der Waals surface area contributed by atoms with Gasteiger partial charge in [0, 0.05) is 31.8 Å². The molecule has 0 fully saturated rings. The largest absolute Gasteiger partial charge is 0.481 e. The van der Waals surface area contributed by atoms with Gasteiger partial charge in [-0.1, -0.05) is 42.5 Å². The highest BCUT2D eigenvalue weighted by molar-refractivity contribution is 6.13. The van der Waals surface area contributed by atoms with E-state index in [4.69, 9.17) is 4.74 Å². The Bertz CT molecular complexity index is 992. The number of ether oxygens (including phenoxy) is 1. The summed E-state index contributed by atoms with van der Waals surface area (Å²) in [7, 11) is 3.44. The minimum atomic E-state index is -0.830. The molecule has 6 nitrogen and oxygen atoms in total. The van der Waals surface area contributed by atoms with Gasteiger partial charge in [-0.25, -0.2) is 4.79 Å². The van der Waals surface area contributed by atoms with Gasteiger partial charge in [-0.15, -0.1) is 0 Å². The predicted octanol–water partition coefficient (Wildman–Crippen LogP) is 5.35. The lowest BCUT2D eigenvalue weighted by molar-refractivity contribution is -0.142. The second-order valence-electron chi connectivity index (χ2n) is 9.37. The van der Waals surface area contributed by atoms with Crippen molar-refractivity contribution in [3.05, 3.63) is 70.8 Å². The SMILES string of the molecule is CN=C(c1cccc(CC(CCCN(C)C(=O)OC(C)(C)C)C(=O)O)c1)c1ccccc1C. The lowest BCUT2D eigenvalue weighted by Crippen LogP contribution is -2.35. The fourth-order valence-electron chi connectivity index (χ4n) is 3.69. The number of hydrogen-bond donors (Lipinski definition) is 1. The van der Waals surface area contributed by atoms with E-state index in [1.807, 2.05) is 63.2 Å². The molecule has 0 heterocycles. The van der Waals surface area contributed by atoms with Crippen LogP contribution in [0.25, 0.3) is 0 Å². The van der Waals surface area contributed by atoms with Crippen LogP contribution < -0.4 is 0 Å². The minimum absolute atomic E-state index is 0.398. The number of nitrogens with zero attached hydrogens (tertiary/aromatic N) is 2. The van der Waals surface area contributed by atoms with Crippen molar-refractivity contribution in [1.82, 2.24) is 4.90 Å². The van der Waals surface area contributed by atoms with Crippen molar-refractivity contribution in [2.45, 2.75) is 52.6 Å². The zero-order valence-electron chi connectivity index (χ0n) is 20.6. The van der Waals surface area contributed by atoms with Gasteiger partial charge >= 0.3 is 12.1 Å². The van der Waals surface area contributed by atoms with E-state index < -0.39 is 23.6 Å². The maximum Gasteiger partial charge on any atom is 0.410 e. The van der Waals surface area contributed by atoms with Crippen LogP contribution in [0, 0.1) is 12.8 Å². The molecular weight excluding hydrogens is 416 g/mol. The molecule has 0 saturated heterocycles. The number of aliphatic carboxylic acids is 1. The van der Waals surface area contributed by atoms with Crippen molar-refractivity contribution >= 4 is 17.8 Å². The van der Waals surface area contributed by atoms with Crippen molar-refractivity contribution in [3.8, 4) is 0 Å². The Morgan fingerprint density at radius 1 is 1.12 bits per heavy atom. The topological polar surface area (TPSA) is 79.2 Å². The van der Waals surface area contributed by atoms with E-state index in [0.717, 1.165) is 28.0 Å². The van der Waals surface area contributed by atoms with Crippen LogP contribution in [0.4, 0.5) is 4.79 Å². The highest BCUT2D eigenvalue weighted by atomic mass is 16.6. The summed E-state index contributed by atoms with van der Waals surface area (Å²) >= 11 is 0. The van der Waals surface area contributed by atoms with Crippen LogP contribution in [0.2, 0.25) is 0 Å². The molecule has 0 saturated carbocycles. The Morgan fingerprint density at radius 2 is 1.82 bits per heavy atom. The fourth-order valence-corrected chi connectivity index (χ4v) is 3.69. The summed E-state index contributed by atoms with van der Waals surface area (Å²) in [6.45, 7) is 7.96. The Morgan fingerprint density at radius 3 is 2.42 bits per heavy atom. The van der Waals surface area contributed by atoms with Crippen LogP contribution in [0.3, 0.4) is 0 Å². The van der Waals surface area contributed by atoms with Gasteiger partial charge in [0.2, 0.25) is 0 Å². The number of carbonyl (C=O) groups is 2. The number of rotatable bonds is 9. The van der Waals surface area contributed by atoms with Gasteiger partial charge in [0.1, 0.15) is 5.60 Å². The summed E-state index contributed by atoms with van der Waals surface area (Å²) in [4.78, 5) is 30.0. The molecular formula is C27H36N2O4. The number of amides is 1. The third-order valence-corrected chi connectivity index (χ3v) is 5.41. The summed E-state index contributed by atoms with van der Waals surface area (Å²) in [5, 5.41) is 9.77. The van der Waals surface area contributed by atoms with E-state index in [1.54, 1.807) is 14.1 Å². The first-order valence-corrected chi connectivity index (χ1v) is 11.3. The van der Waals surface area contributed by atoms with Gasteiger partial charge in [-0.2, -0.15) is 0 Å². The second-order valence-corrected chi connectivity index (χ2v) is 9.37. The number of aliphatic imine (C=N–C) groups is 1. The standard InChI is InChI=1S/C27H36N2O4/c1-19-11-7-8-15-23(19)24(28-5)21-13-9-12-20(17-21)18-22(25(30)31)14-10-16-29(6)26(32)33-27(2,3)4/h7-9,11-13,15,17,22H,10,14,16,18H2,1-6H3,(H,30,31). The zero-order chi connectivity index (χ0) is 24.6. The summed E-state index contributed by atoms with van der Waals surface area (Å²) in [5.74, 6) is -1.36. The molecule has 1 unspecified atom stereocenters. The van der Waals surface area contributed by atoms with E-state index in [-0.39, 0.29) is 0 Å². The lowest BCUT2D eigenvalue weighted by atomic mass is 9.92. The van der Waals surface area contributed by atoms with E-state index >= 15 is 0 Å². The average Bonchev–Trinajstić information content (AvgIpc) is 2.73. The van der Waals surface area contributed by atoms with Crippen molar-refractivity contribution in [1.29, 1.82) is 0 Å². The third-order valence-electron chi connectivity index (χ3n) is 5.41. The van der Waals surface area contributed by atoms with E-state index in [0.29, 0.717) is 25.8 Å². The van der Waals surface area contributed by atoms with Crippen molar-refractivity contribution < 1.29 is 19.4 Å². The van der Waals surface area contributed by atoms with Crippen LogP contribution in [0.1, 0.15) is 55.9 Å². The molecule has 0 aliphatic heterocycles. The molecule has 0 aliphatic carbocycles. The molecule has 2 aromatic rings. The first-order valence-electron chi connectivity index (χ1n) is 11.3. The Kier molecular flexibility index (Phi) is 9.21. The molecule has 33 heavy (non-hydrogen) atoms. The fraction of sp³-hybridized carbons (Fsp3) is 0.444. The summed E-state index contributed by atoms with van der Waals surface area (Å²) in [6, 6.07) is 16.0. The number of benzene rings is 2. The van der Waals surface area contributed by atoms with Gasteiger partial charge < -0.3 is 14.7 Å². The summed E-state index contributed by atoms with van der Waals surface area (Å²) in [5.41, 5.74) is 4.46. The van der Waals surface area contributed by atoms with Crippen molar-refractivity contribution in [3.63, 3.8) is 0 Å². The lowest BCUT2D eigenvalue weighted by Gasteiger charge is -2.25. The molecule has 1 N–H and O–H groups in total. The van der Waals surface area contributed by atoms with Crippen molar-refractivity contribution in [2.24, 2.45) is 10.9 Å². The van der Waals surface area contributed by atoms with Crippen LogP contribution in [-0.2, 0) is 16.0 Å². The predicted molar refractivity (Wildman–Crippen MR) is 132 cm³/mol. The first-order chi connectivity index (χ1) is 15.5. The number of carboxylic acids is 1. The molecule has 178 valence electrons. The molecule has 2 aromatic carbocycles. The normalized spacial score (nSPS) is 12.8. The van der Waals surface area contributed by atoms with Crippen LogP contribution >= 0.6 is 0 Å². The second kappa shape index (κ2) is 11.6. The van der Waals surface area contributed by atoms with Gasteiger partial charge in [0.25, 0.3) is 0 Å². The molecule has 1 atom stereocenters. The van der Waals surface area contributed by atoms with E-state index in [1.165, 1.54) is 4.90 Å². The third kappa shape index (κ3) is 8.04. The van der Waals surface area contributed by atoms with Gasteiger partial charge in [-0.3, -0.25) is 9.79 Å². The zero-order valence-corrected chi connectivity index (χ0v) is 20.6. The molecule has 6 heteroatoms. The highest BCUT2D eigenvalue weighted by Gasteiger charge is 2.22. The molecule has 2 rings (SSSR count). The molecule has 0 spiro atoms. The van der Waals surface area contributed by atoms with E-state index in [2.05, 4.69) is 18.0 Å². The van der Waals surface area contributed by atoms with Crippen LogP contribution in [0.5, 0.6) is 0 Å². The maximum atomic E-state index is 12.1. The Hall–Kier alpha value is -3.15.